The average molecular weight is 221 g/mol. The minimum absolute atomic E-state index is 0.242. The lowest BCUT2D eigenvalue weighted by atomic mass is 10.3. The maximum atomic E-state index is 9.34. The minimum atomic E-state index is -0.690. The summed E-state index contributed by atoms with van der Waals surface area (Å²) in [6.07, 6.45) is 0.822. The molecule has 4 heteroatoms. The first-order chi connectivity index (χ1) is 5.25. The number of halogens is 1. The van der Waals surface area contributed by atoms with Crippen molar-refractivity contribution in [1.82, 2.24) is 0 Å². The summed E-state index contributed by atoms with van der Waals surface area (Å²) in [5, 5.41) is 9.34. The summed E-state index contributed by atoms with van der Waals surface area (Å²) in [5.74, 6) is 0.506. The zero-order valence-electron chi connectivity index (χ0n) is 6.08. The van der Waals surface area contributed by atoms with Crippen molar-refractivity contribution in [2.24, 2.45) is 0 Å². The number of rotatable bonds is 3. The zero-order chi connectivity index (χ0) is 8.27. The molecule has 1 N–H and O–H groups in total. The molecule has 1 unspecified atom stereocenters. The van der Waals surface area contributed by atoms with Crippen molar-refractivity contribution in [3.05, 3.63) is 22.6 Å². The maximum Gasteiger partial charge on any atom is 0.148 e. The highest BCUT2D eigenvalue weighted by Crippen LogP contribution is 2.24. The fourth-order valence-electron chi connectivity index (χ4n) is 0.777. The normalized spacial score (nSPS) is 13.4. The van der Waals surface area contributed by atoms with Crippen LogP contribution in [0.1, 0.15) is 11.9 Å². The lowest BCUT2D eigenvalue weighted by molar-refractivity contribution is 0.0497. The van der Waals surface area contributed by atoms with Crippen molar-refractivity contribution in [3.63, 3.8) is 0 Å². The quantitative estimate of drug-likeness (QED) is 0.844. The van der Waals surface area contributed by atoms with E-state index in [-0.39, 0.29) is 6.61 Å². The lowest BCUT2D eigenvalue weighted by Gasteiger charge is -2.05. The van der Waals surface area contributed by atoms with Crippen molar-refractivity contribution >= 4 is 15.9 Å². The van der Waals surface area contributed by atoms with E-state index in [4.69, 9.17) is 9.15 Å². The second kappa shape index (κ2) is 3.90. The summed E-state index contributed by atoms with van der Waals surface area (Å²) in [7, 11) is 1.53. The average Bonchev–Trinajstić information content (AvgIpc) is 2.36. The summed E-state index contributed by atoms with van der Waals surface area (Å²) >= 11 is 3.23. The Morgan fingerprint density at radius 2 is 2.55 bits per heavy atom. The molecule has 0 saturated carbocycles. The van der Waals surface area contributed by atoms with E-state index >= 15 is 0 Å². The van der Waals surface area contributed by atoms with Crippen LogP contribution in [0.3, 0.4) is 0 Å². The van der Waals surface area contributed by atoms with E-state index < -0.39 is 6.10 Å². The molecule has 1 aromatic rings. The fourth-order valence-corrected chi connectivity index (χ4v) is 1.24. The Morgan fingerprint density at radius 1 is 1.82 bits per heavy atom. The van der Waals surface area contributed by atoms with Gasteiger partial charge in [-0.3, -0.25) is 0 Å². The van der Waals surface area contributed by atoms with Crippen LogP contribution in [0, 0.1) is 0 Å². The van der Waals surface area contributed by atoms with Gasteiger partial charge in [0.1, 0.15) is 11.9 Å². The molecule has 62 valence electrons. The van der Waals surface area contributed by atoms with E-state index in [0.717, 1.165) is 4.47 Å². The van der Waals surface area contributed by atoms with Crippen molar-refractivity contribution < 1.29 is 14.3 Å². The molecule has 1 rings (SSSR count). The molecule has 0 spiro atoms. The molecule has 0 aliphatic carbocycles. The van der Waals surface area contributed by atoms with Gasteiger partial charge in [0.05, 0.1) is 17.3 Å². The van der Waals surface area contributed by atoms with Crippen LogP contribution in [0.25, 0.3) is 0 Å². The minimum Gasteiger partial charge on any atom is -0.465 e. The van der Waals surface area contributed by atoms with Crippen molar-refractivity contribution in [3.8, 4) is 0 Å². The van der Waals surface area contributed by atoms with Gasteiger partial charge in [-0.15, -0.1) is 0 Å². The molecule has 0 aliphatic heterocycles. The van der Waals surface area contributed by atoms with Crippen molar-refractivity contribution in [1.29, 1.82) is 0 Å². The predicted octanol–water partition coefficient (Wildman–Crippen LogP) is 1.72. The van der Waals surface area contributed by atoms with E-state index in [9.17, 15) is 5.11 Å². The van der Waals surface area contributed by atoms with E-state index in [1.807, 2.05) is 0 Å². The highest BCUT2D eigenvalue weighted by molar-refractivity contribution is 9.10. The van der Waals surface area contributed by atoms with Gasteiger partial charge in [-0.05, 0) is 22.0 Å². The maximum absolute atomic E-state index is 9.34. The standard InChI is InChI=1S/C7H9BrO3/c1-10-4-6(9)7-5(8)2-3-11-7/h2-3,6,9H,4H2,1H3. The van der Waals surface area contributed by atoms with Gasteiger partial charge in [0.15, 0.2) is 0 Å². The summed E-state index contributed by atoms with van der Waals surface area (Å²) in [5.41, 5.74) is 0. The summed E-state index contributed by atoms with van der Waals surface area (Å²) in [6, 6.07) is 1.73. The highest BCUT2D eigenvalue weighted by atomic mass is 79.9. The van der Waals surface area contributed by atoms with E-state index in [1.54, 1.807) is 6.07 Å². The molecule has 0 amide bonds. The van der Waals surface area contributed by atoms with Crippen LogP contribution in [-0.4, -0.2) is 18.8 Å². The van der Waals surface area contributed by atoms with Gasteiger partial charge < -0.3 is 14.3 Å². The number of methoxy groups -OCH3 is 1. The van der Waals surface area contributed by atoms with Gasteiger partial charge in [0.25, 0.3) is 0 Å². The number of aliphatic hydroxyl groups excluding tert-OH is 1. The molecular formula is C7H9BrO3. The first kappa shape index (κ1) is 8.77. The molecule has 0 aliphatic rings. The Morgan fingerprint density at radius 3 is 3.00 bits per heavy atom. The van der Waals surface area contributed by atoms with Gasteiger partial charge in [0, 0.05) is 7.11 Å². The van der Waals surface area contributed by atoms with Gasteiger partial charge in [-0.2, -0.15) is 0 Å². The van der Waals surface area contributed by atoms with Crippen LogP contribution < -0.4 is 0 Å². The van der Waals surface area contributed by atoms with Crippen LogP contribution in [0.2, 0.25) is 0 Å². The first-order valence-electron chi connectivity index (χ1n) is 3.15. The number of ether oxygens (including phenoxy) is 1. The molecule has 1 atom stereocenters. The van der Waals surface area contributed by atoms with E-state index in [2.05, 4.69) is 15.9 Å². The summed E-state index contributed by atoms with van der Waals surface area (Å²) in [6.45, 7) is 0.242. The molecule has 11 heavy (non-hydrogen) atoms. The molecule has 0 bridgehead atoms. The smallest absolute Gasteiger partial charge is 0.148 e. The van der Waals surface area contributed by atoms with Crippen LogP contribution in [0.5, 0.6) is 0 Å². The molecule has 3 nitrogen and oxygen atoms in total. The van der Waals surface area contributed by atoms with Gasteiger partial charge >= 0.3 is 0 Å². The number of furan rings is 1. The third-order valence-corrected chi connectivity index (χ3v) is 1.93. The summed E-state index contributed by atoms with van der Waals surface area (Å²) < 4.78 is 10.5. The van der Waals surface area contributed by atoms with Crippen LogP contribution in [0.4, 0.5) is 0 Å². The predicted molar refractivity (Wildman–Crippen MR) is 43.2 cm³/mol. The largest absolute Gasteiger partial charge is 0.465 e. The van der Waals surface area contributed by atoms with Crippen LogP contribution in [0.15, 0.2) is 21.2 Å². The van der Waals surface area contributed by atoms with E-state index in [0.29, 0.717) is 5.76 Å². The number of aliphatic hydroxyl groups is 1. The Labute approximate surface area is 73.1 Å². The molecule has 0 fully saturated rings. The molecule has 1 heterocycles. The van der Waals surface area contributed by atoms with Gasteiger partial charge in [-0.25, -0.2) is 0 Å². The van der Waals surface area contributed by atoms with Crippen LogP contribution in [-0.2, 0) is 4.74 Å². The lowest BCUT2D eigenvalue weighted by Crippen LogP contribution is -2.04. The fraction of sp³-hybridized carbons (Fsp3) is 0.429. The van der Waals surface area contributed by atoms with Gasteiger partial charge in [0.2, 0.25) is 0 Å². The third kappa shape index (κ3) is 2.05. The second-order valence-electron chi connectivity index (χ2n) is 2.10. The van der Waals surface area contributed by atoms with Gasteiger partial charge in [-0.1, -0.05) is 0 Å². The third-order valence-electron chi connectivity index (χ3n) is 1.27. The highest BCUT2D eigenvalue weighted by Gasteiger charge is 2.13. The number of hydrogen-bond donors (Lipinski definition) is 1. The first-order valence-corrected chi connectivity index (χ1v) is 3.95. The molecule has 0 radical (unpaired) electrons. The van der Waals surface area contributed by atoms with Crippen molar-refractivity contribution in [2.45, 2.75) is 6.10 Å². The SMILES string of the molecule is COCC(O)c1occc1Br. The monoisotopic (exact) mass is 220 g/mol. The summed E-state index contributed by atoms with van der Waals surface area (Å²) in [4.78, 5) is 0. The van der Waals surface area contributed by atoms with Crippen LogP contribution >= 0.6 is 15.9 Å². The molecular weight excluding hydrogens is 212 g/mol. The van der Waals surface area contributed by atoms with Crippen molar-refractivity contribution in [2.75, 3.05) is 13.7 Å². The Hall–Kier alpha value is -0.320. The zero-order valence-corrected chi connectivity index (χ0v) is 7.67. The Kier molecular flexibility index (Phi) is 3.11. The molecule has 0 aromatic carbocycles. The number of hydrogen-bond acceptors (Lipinski definition) is 3. The topological polar surface area (TPSA) is 42.6 Å². The second-order valence-corrected chi connectivity index (χ2v) is 2.96. The Bertz CT molecular complexity index is 221. The molecule has 1 aromatic heterocycles. The molecule has 0 saturated heterocycles. The van der Waals surface area contributed by atoms with E-state index in [1.165, 1.54) is 13.4 Å². The Balaban J connectivity index is 2.67.